The van der Waals surface area contributed by atoms with Gasteiger partial charge in [-0.15, -0.1) is 0 Å². The van der Waals surface area contributed by atoms with Crippen LogP contribution in [0.15, 0.2) is 71.8 Å². The Hall–Kier alpha value is -4.04. The van der Waals surface area contributed by atoms with Gasteiger partial charge >= 0.3 is 0 Å². The number of nitrogens with one attached hydrogen (secondary N) is 1. The number of likely N-dealkylation sites (tertiary alicyclic amines) is 1. The smallest absolute Gasteiger partial charge is 0.277 e. The summed E-state index contributed by atoms with van der Waals surface area (Å²) >= 11 is 6.01. The van der Waals surface area contributed by atoms with Crippen LogP contribution in [0.3, 0.4) is 0 Å². The molecule has 2 amide bonds. The Morgan fingerprint density at radius 1 is 0.947 bits per heavy atom. The lowest BCUT2D eigenvalue weighted by Crippen LogP contribution is -2.35. The second-order valence-electron chi connectivity index (χ2n) is 8.76. The summed E-state index contributed by atoms with van der Waals surface area (Å²) in [5, 5.41) is 4.40. The molecule has 1 heterocycles. The molecule has 0 bridgehead atoms. The topological polar surface area (TPSA) is 89.5 Å². The number of piperidine rings is 1. The van der Waals surface area contributed by atoms with Crippen molar-refractivity contribution in [1.29, 1.82) is 0 Å². The summed E-state index contributed by atoms with van der Waals surface area (Å²) in [6.45, 7) is 1.76. The normalized spacial score (nSPS) is 13.3. The van der Waals surface area contributed by atoms with Crippen molar-refractivity contribution >= 4 is 29.6 Å². The van der Waals surface area contributed by atoms with Gasteiger partial charge in [-0.25, -0.2) is 5.43 Å². The van der Waals surface area contributed by atoms with E-state index in [9.17, 15) is 9.59 Å². The van der Waals surface area contributed by atoms with Gasteiger partial charge in [-0.1, -0.05) is 35.9 Å². The molecule has 0 aliphatic carbocycles. The number of nitrogens with zero attached hydrogens (tertiary/aromatic N) is 2. The van der Waals surface area contributed by atoms with Crippen molar-refractivity contribution < 1.29 is 23.8 Å². The number of hydrogen-bond acceptors (Lipinski definition) is 6. The van der Waals surface area contributed by atoms with E-state index < -0.39 is 5.91 Å². The predicted molar refractivity (Wildman–Crippen MR) is 146 cm³/mol. The highest BCUT2D eigenvalue weighted by Gasteiger charge is 2.18. The zero-order valence-electron chi connectivity index (χ0n) is 21.2. The molecule has 1 aliphatic rings. The van der Waals surface area contributed by atoms with E-state index in [1.165, 1.54) is 12.6 Å². The number of halogens is 1. The fourth-order valence-electron chi connectivity index (χ4n) is 3.98. The van der Waals surface area contributed by atoms with E-state index in [0.29, 0.717) is 40.0 Å². The van der Waals surface area contributed by atoms with Crippen molar-refractivity contribution in [1.82, 2.24) is 10.3 Å². The summed E-state index contributed by atoms with van der Waals surface area (Å²) in [5.74, 6) is 1.18. The minimum Gasteiger partial charge on any atom is -0.493 e. The highest BCUT2D eigenvalue weighted by molar-refractivity contribution is 6.32. The number of ether oxygens (including phenoxy) is 3. The van der Waals surface area contributed by atoms with Gasteiger partial charge in [-0.2, -0.15) is 5.10 Å². The van der Waals surface area contributed by atoms with Crippen LogP contribution < -0.4 is 19.6 Å². The number of carbonyl (C=O) groups is 2. The monoisotopic (exact) mass is 535 g/mol. The Bertz CT molecular complexity index is 1270. The maximum atomic E-state index is 12.7. The predicted octanol–water partition coefficient (Wildman–Crippen LogP) is 5.08. The summed E-state index contributed by atoms with van der Waals surface area (Å²) in [6, 6.07) is 19.8. The van der Waals surface area contributed by atoms with E-state index in [0.717, 1.165) is 31.5 Å². The fraction of sp³-hybridized carbons (Fsp3) is 0.276. The van der Waals surface area contributed by atoms with E-state index >= 15 is 0 Å². The van der Waals surface area contributed by atoms with E-state index in [1.807, 2.05) is 29.2 Å². The molecule has 0 aromatic heterocycles. The average Bonchev–Trinajstić information content (AvgIpc) is 2.96. The van der Waals surface area contributed by atoms with E-state index in [2.05, 4.69) is 10.5 Å². The van der Waals surface area contributed by atoms with Crippen LogP contribution >= 0.6 is 11.6 Å². The summed E-state index contributed by atoms with van der Waals surface area (Å²) in [6.07, 6.45) is 4.82. The largest absolute Gasteiger partial charge is 0.493 e. The molecule has 0 saturated carbocycles. The number of hydrazone groups is 1. The second-order valence-corrected chi connectivity index (χ2v) is 9.17. The minimum absolute atomic E-state index is 0.0837. The molecular formula is C29H30ClN3O5. The van der Waals surface area contributed by atoms with E-state index in [-0.39, 0.29) is 12.5 Å². The van der Waals surface area contributed by atoms with Crippen molar-refractivity contribution in [3.63, 3.8) is 0 Å². The lowest BCUT2D eigenvalue weighted by Gasteiger charge is -2.26. The van der Waals surface area contributed by atoms with Crippen molar-refractivity contribution in [2.75, 3.05) is 26.8 Å². The molecule has 1 aliphatic heterocycles. The van der Waals surface area contributed by atoms with E-state index in [1.54, 1.807) is 49.6 Å². The standard InChI is InChI=1S/C29H30ClN3O5/c1-36-27-17-22(18-31-32-28(34)20-38-25-8-4-3-7-24(25)30)11-14-26(27)37-19-21-9-12-23(13-10-21)29(35)33-15-5-2-6-16-33/h3-4,7-14,17-18H,2,5-6,15-16,19-20H2,1H3,(H,32,34)/b31-18+. The summed E-state index contributed by atoms with van der Waals surface area (Å²) in [5.41, 5.74) is 4.76. The van der Waals surface area contributed by atoms with Crippen molar-refractivity contribution in [3.8, 4) is 17.2 Å². The molecule has 8 nitrogen and oxygen atoms in total. The van der Waals surface area contributed by atoms with Gasteiger partial charge in [0.15, 0.2) is 18.1 Å². The number of benzene rings is 3. The third kappa shape index (κ3) is 7.49. The van der Waals surface area contributed by atoms with Crippen LogP contribution in [0.25, 0.3) is 0 Å². The lowest BCUT2D eigenvalue weighted by molar-refractivity contribution is -0.123. The van der Waals surface area contributed by atoms with Crippen LogP contribution in [-0.2, 0) is 11.4 Å². The molecule has 0 spiro atoms. The van der Waals surface area contributed by atoms with Gasteiger partial charge in [0.25, 0.3) is 11.8 Å². The van der Waals surface area contributed by atoms with Gasteiger partial charge in [0, 0.05) is 18.7 Å². The van der Waals surface area contributed by atoms with Crippen molar-refractivity contribution in [2.45, 2.75) is 25.9 Å². The second kappa shape index (κ2) is 13.5. The Labute approximate surface area is 227 Å². The molecular weight excluding hydrogens is 506 g/mol. The average molecular weight is 536 g/mol. The third-order valence-corrected chi connectivity index (χ3v) is 6.34. The third-order valence-electron chi connectivity index (χ3n) is 6.02. The summed E-state index contributed by atoms with van der Waals surface area (Å²) < 4.78 is 16.8. The number of rotatable bonds is 10. The first-order valence-electron chi connectivity index (χ1n) is 12.4. The highest BCUT2D eigenvalue weighted by Crippen LogP contribution is 2.28. The van der Waals surface area contributed by atoms with Gasteiger partial charge < -0.3 is 19.1 Å². The van der Waals surface area contributed by atoms with Gasteiger partial charge in [0.2, 0.25) is 0 Å². The molecule has 198 valence electrons. The molecule has 9 heteroatoms. The number of carbonyl (C=O) groups excluding carboxylic acids is 2. The molecule has 38 heavy (non-hydrogen) atoms. The first-order chi connectivity index (χ1) is 18.5. The SMILES string of the molecule is COc1cc(/C=N/NC(=O)COc2ccccc2Cl)ccc1OCc1ccc(C(=O)N2CCCCC2)cc1. The number of amides is 2. The van der Waals surface area contributed by atoms with Crippen molar-refractivity contribution in [2.24, 2.45) is 5.10 Å². The van der Waals surface area contributed by atoms with Crippen LogP contribution in [0.1, 0.15) is 40.7 Å². The van der Waals surface area contributed by atoms with Gasteiger partial charge in [-0.3, -0.25) is 9.59 Å². The molecule has 3 aromatic carbocycles. The van der Waals surface area contributed by atoms with Crippen LogP contribution in [-0.4, -0.2) is 49.7 Å². The molecule has 1 fully saturated rings. The highest BCUT2D eigenvalue weighted by atomic mass is 35.5. The fourth-order valence-corrected chi connectivity index (χ4v) is 4.17. The zero-order chi connectivity index (χ0) is 26.7. The molecule has 1 saturated heterocycles. The Morgan fingerprint density at radius 3 is 2.45 bits per heavy atom. The van der Waals surface area contributed by atoms with Gasteiger partial charge in [0.1, 0.15) is 12.4 Å². The van der Waals surface area contributed by atoms with Crippen LogP contribution in [0.2, 0.25) is 5.02 Å². The number of methoxy groups -OCH3 is 1. The first kappa shape index (κ1) is 27.0. The van der Waals surface area contributed by atoms with Crippen LogP contribution in [0.5, 0.6) is 17.2 Å². The molecule has 0 radical (unpaired) electrons. The summed E-state index contributed by atoms with van der Waals surface area (Å²) in [7, 11) is 1.55. The maximum absolute atomic E-state index is 12.7. The van der Waals surface area contributed by atoms with Gasteiger partial charge in [-0.05, 0) is 72.9 Å². The molecule has 0 unspecified atom stereocenters. The Kier molecular flexibility index (Phi) is 9.59. The maximum Gasteiger partial charge on any atom is 0.277 e. The van der Waals surface area contributed by atoms with Crippen molar-refractivity contribution in [3.05, 3.63) is 88.4 Å². The summed E-state index contributed by atoms with van der Waals surface area (Å²) in [4.78, 5) is 26.6. The molecule has 4 rings (SSSR count). The zero-order valence-corrected chi connectivity index (χ0v) is 21.9. The number of hydrogen-bond donors (Lipinski definition) is 1. The van der Waals surface area contributed by atoms with Gasteiger partial charge in [0.05, 0.1) is 18.3 Å². The number of para-hydroxylation sites is 1. The van der Waals surface area contributed by atoms with Crippen LogP contribution in [0.4, 0.5) is 0 Å². The first-order valence-corrected chi connectivity index (χ1v) is 12.8. The molecule has 1 N–H and O–H groups in total. The minimum atomic E-state index is -0.420. The molecule has 3 aromatic rings. The lowest BCUT2D eigenvalue weighted by atomic mass is 10.1. The molecule has 0 atom stereocenters. The quantitative estimate of drug-likeness (QED) is 0.289. The Balaban J connectivity index is 1.27. The Morgan fingerprint density at radius 2 is 1.71 bits per heavy atom. The van der Waals surface area contributed by atoms with E-state index in [4.69, 9.17) is 25.8 Å². The van der Waals surface area contributed by atoms with Crippen LogP contribution in [0, 0.1) is 0 Å².